The smallest absolute Gasteiger partial charge is 0.256 e. The van der Waals surface area contributed by atoms with Crippen molar-refractivity contribution in [3.05, 3.63) is 17.7 Å². The number of hydrogen-bond donors (Lipinski definition) is 2. The fourth-order valence-corrected chi connectivity index (χ4v) is 2.53. The molecule has 0 spiro atoms. The lowest BCUT2D eigenvalue weighted by Gasteiger charge is -2.24. The lowest BCUT2D eigenvalue weighted by Crippen LogP contribution is -2.37. The molecule has 20 heavy (non-hydrogen) atoms. The summed E-state index contributed by atoms with van der Waals surface area (Å²) in [5.74, 6) is 0.770. The molecule has 3 N–H and O–H groups in total. The molecule has 110 valence electrons. The average molecular weight is 280 g/mol. The number of likely N-dealkylation sites (tertiary alicyclic amines) is 1. The van der Waals surface area contributed by atoms with Crippen LogP contribution in [0.15, 0.2) is 12.1 Å². The molecule has 6 heteroatoms. The van der Waals surface area contributed by atoms with Crippen LogP contribution in [-0.2, 0) is 0 Å². The molecule has 0 radical (unpaired) electrons. The summed E-state index contributed by atoms with van der Waals surface area (Å²) in [7, 11) is 3.02. The van der Waals surface area contributed by atoms with Gasteiger partial charge in [0.05, 0.1) is 32.4 Å². The summed E-state index contributed by atoms with van der Waals surface area (Å²) in [4.78, 5) is 14.2. The van der Waals surface area contributed by atoms with Crippen molar-refractivity contribution in [2.75, 3.05) is 33.1 Å². The Morgan fingerprint density at radius 1 is 1.40 bits per heavy atom. The van der Waals surface area contributed by atoms with Crippen LogP contribution in [0.5, 0.6) is 11.5 Å². The molecule has 0 bridgehead atoms. The van der Waals surface area contributed by atoms with Crippen LogP contribution in [0.4, 0.5) is 5.69 Å². The molecule has 1 aromatic carbocycles. The average Bonchev–Trinajstić information content (AvgIpc) is 2.94. The second-order valence-corrected chi connectivity index (χ2v) is 4.77. The van der Waals surface area contributed by atoms with Gasteiger partial charge in [-0.1, -0.05) is 0 Å². The highest BCUT2D eigenvalue weighted by molar-refractivity contribution is 6.00. The van der Waals surface area contributed by atoms with Crippen LogP contribution in [0.3, 0.4) is 0 Å². The summed E-state index contributed by atoms with van der Waals surface area (Å²) in [6.07, 6.45) is 1.71. The van der Waals surface area contributed by atoms with E-state index in [2.05, 4.69) is 0 Å². The standard InChI is InChI=1S/C14H20N2O4/c1-19-12-6-10(11(15)7-13(12)20-2)14(18)16-5-3-4-9(16)8-17/h6-7,9,17H,3-5,8,15H2,1-2H3/t9-/m0/s1. The van der Waals surface area contributed by atoms with E-state index in [0.29, 0.717) is 29.3 Å². The molecular weight excluding hydrogens is 260 g/mol. The monoisotopic (exact) mass is 280 g/mol. The van der Waals surface area contributed by atoms with Crippen molar-refractivity contribution in [2.24, 2.45) is 0 Å². The Morgan fingerprint density at radius 3 is 2.65 bits per heavy atom. The lowest BCUT2D eigenvalue weighted by molar-refractivity contribution is 0.0678. The first kappa shape index (κ1) is 14.5. The number of ether oxygens (including phenoxy) is 2. The Balaban J connectivity index is 2.34. The van der Waals surface area contributed by atoms with Crippen molar-refractivity contribution in [2.45, 2.75) is 18.9 Å². The number of aliphatic hydroxyl groups excluding tert-OH is 1. The molecule has 0 aromatic heterocycles. The highest BCUT2D eigenvalue weighted by Gasteiger charge is 2.30. The van der Waals surface area contributed by atoms with Crippen molar-refractivity contribution in [1.29, 1.82) is 0 Å². The number of nitrogens with two attached hydrogens (primary N) is 1. The first-order valence-electron chi connectivity index (χ1n) is 6.55. The van der Waals surface area contributed by atoms with Crippen molar-refractivity contribution in [1.82, 2.24) is 4.90 Å². The lowest BCUT2D eigenvalue weighted by atomic mass is 10.1. The molecule has 1 heterocycles. The fraction of sp³-hybridized carbons (Fsp3) is 0.500. The molecule has 2 rings (SSSR count). The van der Waals surface area contributed by atoms with E-state index in [1.165, 1.54) is 14.2 Å². The van der Waals surface area contributed by atoms with Crippen LogP contribution in [0, 0.1) is 0 Å². The molecule has 1 aliphatic heterocycles. The van der Waals surface area contributed by atoms with E-state index >= 15 is 0 Å². The number of aliphatic hydroxyl groups is 1. The molecule has 1 atom stereocenters. The molecule has 1 amide bonds. The number of methoxy groups -OCH3 is 2. The summed E-state index contributed by atoms with van der Waals surface area (Å²) in [5.41, 5.74) is 6.65. The largest absolute Gasteiger partial charge is 0.493 e. The molecule has 1 aromatic rings. The molecule has 1 fully saturated rings. The highest BCUT2D eigenvalue weighted by atomic mass is 16.5. The number of nitrogen functional groups attached to an aromatic ring is 1. The number of anilines is 1. The summed E-state index contributed by atoms with van der Waals surface area (Å²) < 4.78 is 10.3. The van der Waals surface area contributed by atoms with Crippen LogP contribution < -0.4 is 15.2 Å². The maximum atomic E-state index is 12.5. The topological polar surface area (TPSA) is 85.0 Å². The van der Waals surface area contributed by atoms with E-state index in [0.717, 1.165) is 12.8 Å². The van der Waals surface area contributed by atoms with Crippen molar-refractivity contribution < 1.29 is 19.4 Å². The van der Waals surface area contributed by atoms with Crippen molar-refractivity contribution in [3.63, 3.8) is 0 Å². The molecule has 0 saturated carbocycles. The van der Waals surface area contributed by atoms with Gasteiger partial charge in [0.25, 0.3) is 5.91 Å². The SMILES string of the molecule is COc1cc(N)c(C(=O)N2CCC[C@H]2CO)cc1OC. The minimum absolute atomic E-state index is 0.0288. The van der Waals surface area contributed by atoms with E-state index in [4.69, 9.17) is 15.2 Å². The van der Waals surface area contributed by atoms with Gasteiger partial charge >= 0.3 is 0 Å². The van der Waals surface area contributed by atoms with Gasteiger partial charge in [-0.25, -0.2) is 0 Å². The number of hydrogen-bond acceptors (Lipinski definition) is 5. The summed E-state index contributed by atoms with van der Waals surface area (Å²) in [6.45, 7) is 0.608. The predicted molar refractivity (Wildman–Crippen MR) is 75.1 cm³/mol. The zero-order valence-corrected chi connectivity index (χ0v) is 11.8. The molecule has 6 nitrogen and oxygen atoms in total. The van der Waals surface area contributed by atoms with Crippen molar-refractivity contribution in [3.8, 4) is 11.5 Å². The maximum absolute atomic E-state index is 12.5. The normalized spacial score (nSPS) is 18.1. The minimum atomic E-state index is -0.181. The first-order chi connectivity index (χ1) is 9.62. The number of nitrogens with zero attached hydrogens (tertiary/aromatic N) is 1. The number of amides is 1. The van der Waals surface area contributed by atoms with Crippen molar-refractivity contribution >= 4 is 11.6 Å². The zero-order valence-electron chi connectivity index (χ0n) is 11.8. The minimum Gasteiger partial charge on any atom is -0.493 e. The van der Waals surface area contributed by atoms with E-state index in [1.807, 2.05) is 0 Å². The highest BCUT2D eigenvalue weighted by Crippen LogP contribution is 2.33. The first-order valence-corrected chi connectivity index (χ1v) is 6.55. The third-order valence-electron chi connectivity index (χ3n) is 3.63. The van der Waals surface area contributed by atoms with Gasteiger partial charge in [-0.05, 0) is 18.9 Å². The van der Waals surface area contributed by atoms with Gasteiger partial charge in [-0.2, -0.15) is 0 Å². The van der Waals surface area contributed by atoms with Crippen LogP contribution in [0.2, 0.25) is 0 Å². The van der Waals surface area contributed by atoms with Crippen LogP contribution >= 0.6 is 0 Å². The van der Waals surface area contributed by atoms with Gasteiger partial charge in [0, 0.05) is 18.3 Å². The van der Waals surface area contributed by atoms with Gasteiger partial charge < -0.3 is 25.2 Å². The number of carbonyl (C=O) groups is 1. The quantitative estimate of drug-likeness (QED) is 0.800. The number of rotatable bonds is 4. The van der Waals surface area contributed by atoms with E-state index in [1.54, 1.807) is 17.0 Å². The Labute approximate surface area is 118 Å². The predicted octanol–water partition coefficient (Wildman–Crippen LogP) is 0.883. The van der Waals surface area contributed by atoms with Crippen LogP contribution in [0.1, 0.15) is 23.2 Å². The van der Waals surface area contributed by atoms with E-state index < -0.39 is 0 Å². The Kier molecular flexibility index (Phi) is 4.34. The van der Waals surface area contributed by atoms with Gasteiger partial charge in [0.15, 0.2) is 11.5 Å². The Bertz CT molecular complexity index is 504. The third-order valence-corrected chi connectivity index (χ3v) is 3.63. The summed E-state index contributed by atoms with van der Waals surface area (Å²) in [5, 5.41) is 9.31. The van der Waals surface area contributed by atoms with Gasteiger partial charge in [-0.15, -0.1) is 0 Å². The molecule has 0 aliphatic carbocycles. The second kappa shape index (κ2) is 6.00. The Hall–Kier alpha value is -1.95. The van der Waals surface area contributed by atoms with Crippen LogP contribution in [-0.4, -0.2) is 49.3 Å². The van der Waals surface area contributed by atoms with Crippen LogP contribution in [0.25, 0.3) is 0 Å². The van der Waals surface area contributed by atoms with E-state index in [9.17, 15) is 9.90 Å². The maximum Gasteiger partial charge on any atom is 0.256 e. The summed E-state index contributed by atoms with van der Waals surface area (Å²) >= 11 is 0. The molecular formula is C14H20N2O4. The summed E-state index contributed by atoms with van der Waals surface area (Å²) in [6, 6.07) is 3.04. The Morgan fingerprint density at radius 2 is 2.05 bits per heavy atom. The van der Waals surface area contributed by atoms with Gasteiger partial charge in [0.2, 0.25) is 0 Å². The molecule has 1 saturated heterocycles. The molecule has 1 aliphatic rings. The van der Waals surface area contributed by atoms with Gasteiger partial charge in [-0.3, -0.25) is 4.79 Å². The van der Waals surface area contributed by atoms with Gasteiger partial charge in [0.1, 0.15) is 0 Å². The zero-order chi connectivity index (χ0) is 14.7. The number of benzene rings is 1. The van der Waals surface area contributed by atoms with E-state index in [-0.39, 0.29) is 18.6 Å². The number of carbonyl (C=O) groups excluding carboxylic acids is 1. The third kappa shape index (κ3) is 2.51. The second-order valence-electron chi connectivity index (χ2n) is 4.77. The fourth-order valence-electron chi connectivity index (χ4n) is 2.53. The molecule has 0 unspecified atom stereocenters.